The minimum absolute atomic E-state index is 0.158. The minimum atomic E-state index is -0.913. The molecule has 1 aromatic carbocycles. The highest BCUT2D eigenvalue weighted by Gasteiger charge is 2.25. The molecular weight excluding hydrogens is 189 g/mol. The van der Waals surface area contributed by atoms with Gasteiger partial charge in [-0.15, -0.1) is 6.58 Å². The van der Waals surface area contributed by atoms with Gasteiger partial charge in [0.15, 0.2) is 0 Å². The highest BCUT2D eigenvalue weighted by Crippen LogP contribution is 2.29. The molecule has 0 aromatic heterocycles. The third kappa shape index (κ3) is 1.81. The van der Waals surface area contributed by atoms with Crippen molar-refractivity contribution in [1.82, 2.24) is 0 Å². The molecule has 0 spiro atoms. The lowest BCUT2D eigenvalue weighted by Crippen LogP contribution is -2.18. The maximum Gasteiger partial charge on any atom is 0.133 e. The molecule has 14 heavy (non-hydrogen) atoms. The summed E-state index contributed by atoms with van der Waals surface area (Å²) in [7, 11) is 0. The van der Waals surface area contributed by atoms with Gasteiger partial charge in [-0.25, -0.2) is 13.2 Å². The van der Waals surface area contributed by atoms with Crippen molar-refractivity contribution in [3.8, 4) is 0 Å². The number of hydrogen-bond donors (Lipinski definition) is 0. The van der Waals surface area contributed by atoms with Crippen LogP contribution >= 0.6 is 0 Å². The van der Waals surface area contributed by atoms with E-state index in [-0.39, 0.29) is 5.56 Å². The molecule has 0 unspecified atom stereocenters. The Bertz CT molecular complexity index is 344. The topological polar surface area (TPSA) is 0 Å². The zero-order chi connectivity index (χ0) is 10.9. The second-order valence-electron chi connectivity index (χ2n) is 3.67. The molecule has 1 aromatic rings. The summed E-state index contributed by atoms with van der Waals surface area (Å²) < 4.78 is 39.1. The Hall–Kier alpha value is -1.25. The number of hydrogen-bond acceptors (Lipinski definition) is 0. The normalized spacial score (nSPS) is 11.5. The smallest absolute Gasteiger partial charge is 0.133 e. The fourth-order valence-corrected chi connectivity index (χ4v) is 1.26. The van der Waals surface area contributed by atoms with Crippen LogP contribution in [0.4, 0.5) is 13.2 Å². The molecule has 0 saturated heterocycles. The van der Waals surface area contributed by atoms with Crippen molar-refractivity contribution in [3.05, 3.63) is 47.8 Å². The highest BCUT2D eigenvalue weighted by molar-refractivity contribution is 5.31. The fourth-order valence-electron chi connectivity index (χ4n) is 1.26. The van der Waals surface area contributed by atoms with Crippen molar-refractivity contribution >= 4 is 0 Å². The molecule has 0 atom stereocenters. The van der Waals surface area contributed by atoms with Gasteiger partial charge in [0.1, 0.15) is 17.5 Å². The molecule has 0 bridgehead atoms. The Balaban J connectivity index is 3.42. The third-order valence-electron chi connectivity index (χ3n) is 2.16. The fraction of sp³-hybridized carbons (Fsp3) is 0.273. The number of benzene rings is 1. The number of halogens is 3. The Morgan fingerprint density at radius 1 is 1.14 bits per heavy atom. The first kappa shape index (κ1) is 10.8. The average Bonchev–Trinajstić information content (AvgIpc) is 2.01. The predicted molar refractivity (Wildman–Crippen MR) is 49.5 cm³/mol. The second kappa shape index (κ2) is 3.48. The van der Waals surface area contributed by atoms with Gasteiger partial charge in [-0.3, -0.25) is 0 Å². The van der Waals surface area contributed by atoms with Crippen LogP contribution in [0, 0.1) is 17.5 Å². The van der Waals surface area contributed by atoms with E-state index in [1.165, 1.54) is 6.08 Å². The molecule has 0 nitrogen and oxygen atoms in total. The second-order valence-corrected chi connectivity index (χ2v) is 3.67. The molecule has 0 saturated carbocycles. The summed E-state index contributed by atoms with van der Waals surface area (Å²) in [4.78, 5) is 0. The van der Waals surface area contributed by atoms with E-state index in [0.29, 0.717) is 12.1 Å². The van der Waals surface area contributed by atoms with Gasteiger partial charge in [0.2, 0.25) is 0 Å². The SMILES string of the molecule is C=CC(C)(C)c1c(F)cc(F)cc1F. The minimum Gasteiger partial charge on any atom is -0.207 e. The van der Waals surface area contributed by atoms with E-state index < -0.39 is 22.9 Å². The Morgan fingerprint density at radius 3 is 1.93 bits per heavy atom. The van der Waals surface area contributed by atoms with E-state index in [0.717, 1.165) is 0 Å². The first-order valence-electron chi connectivity index (χ1n) is 4.17. The molecule has 0 radical (unpaired) electrons. The zero-order valence-corrected chi connectivity index (χ0v) is 8.07. The first-order valence-corrected chi connectivity index (χ1v) is 4.17. The van der Waals surface area contributed by atoms with E-state index in [2.05, 4.69) is 6.58 Å². The first-order chi connectivity index (χ1) is 6.38. The molecule has 76 valence electrons. The van der Waals surface area contributed by atoms with Gasteiger partial charge in [-0.05, 0) is 0 Å². The van der Waals surface area contributed by atoms with Crippen LogP contribution < -0.4 is 0 Å². The summed E-state index contributed by atoms with van der Waals surface area (Å²) in [6.45, 7) is 6.71. The number of rotatable bonds is 2. The average molecular weight is 200 g/mol. The van der Waals surface area contributed by atoms with E-state index in [4.69, 9.17) is 0 Å². The van der Waals surface area contributed by atoms with Crippen LogP contribution in [0.3, 0.4) is 0 Å². The summed E-state index contributed by atoms with van der Waals surface area (Å²) in [5.41, 5.74) is -1.00. The quantitative estimate of drug-likeness (QED) is 0.640. The molecule has 0 aliphatic heterocycles. The van der Waals surface area contributed by atoms with Crippen LogP contribution in [0.25, 0.3) is 0 Å². The summed E-state index contributed by atoms with van der Waals surface area (Å²) in [6, 6.07) is 1.34. The molecule has 0 heterocycles. The number of allylic oxidation sites excluding steroid dienone is 1. The van der Waals surface area contributed by atoms with Crippen LogP contribution in [0.1, 0.15) is 19.4 Å². The summed E-state index contributed by atoms with van der Waals surface area (Å²) in [6.07, 6.45) is 1.42. The van der Waals surface area contributed by atoms with Crippen molar-refractivity contribution < 1.29 is 13.2 Å². The van der Waals surface area contributed by atoms with E-state index >= 15 is 0 Å². The molecule has 3 heteroatoms. The standard InChI is InChI=1S/C11H11F3/c1-4-11(2,3)10-8(13)5-7(12)6-9(10)14/h4-6H,1H2,2-3H3. The van der Waals surface area contributed by atoms with Crippen LogP contribution in [0.15, 0.2) is 24.8 Å². The van der Waals surface area contributed by atoms with Gasteiger partial charge in [0.25, 0.3) is 0 Å². The van der Waals surface area contributed by atoms with E-state index in [1.54, 1.807) is 13.8 Å². The van der Waals surface area contributed by atoms with Crippen molar-refractivity contribution in [2.45, 2.75) is 19.3 Å². The molecule has 1 rings (SSSR count). The van der Waals surface area contributed by atoms with Gasteiger partial charge < -0.3 is 0 Å². The summed E-state index contributed by atoms with van der Waals surface area (Å²) >= 11 is 0. The summed E-state index contributed by atoms with van der Waals surface area (Å²) in [5, 5.41) is 0. The van der Waals surface area contributed by atoms with Crippen LogP contribution in [-0.2, 0) is 5.41 Å². The highest BCUT2D eigenvalue weighted by atomic mass is 19.1. The van der Waals surface area contributed by atoms with Crippen LogP contribution in [-0.4, -0.2) is 0 Å². The summed E-state index contributed by atoms with van der Waals surface area (Å²) in [5.74, 6) is -2.68. The molecule has 0 aliphatic rings. The van der Waals surface area contributed by atoms with Crippen molar-refractivity contribution in [3.63, 3.8) is 0 Å². The van der Waals surface area contributed by atoms with Gasteiger partial charge in [0.05, 0.1) is 0 Å². The van der Waals surface area contributed by atoms with Crippen molar-refractivity contribution in [1.29, 1.82) is 0 Å². The Kier molecular flexibility index (Phi) is 2.69. The largest absolute Gasteiger partial charge is 0.207 e. The Labute approximate surface area is 81.1 Å². The van der Waals surface area contributed by atoms with Crippen LogP contribution in [0.5, 0.6) is 0 Å². The molecule has 0 amide bonds. The van der Waals surface area contributed by atoms with E-state index in [1.807, 2.05) is 0 Å². The lowest BCUT2D eigenvalue weighted by Gasteiger charge is -2.21. The zero-order valence-electron chi connectivity index (χ0n) is 8.07. The maximum absolute atomic E-state index is 13.3. The molecule has 0 fully saturated rings. The van der Waals surface area contributed by atoms with Gasteiger partial charge in [-0.2, -0.15) is 0 Å². The van der Waals surface area contributed by atoms with Gasteiger partial charge in [0, 0.05) is 23.1 Å². The lowest BCUT2D eigenvalue weighted by molar-refractivity contribution is 0.486. The Morgan fingerprint density at radius 2 is 1.57 bits per heavy atom. The molecule has 0 aliphatic carbocycles. The monoisotopic (exact) mass is 200 g/mol. The predicted octanol–water partition coefficient (Wildman–Crippen LogP) is 3.57. The van der Waals surface area contributed by atoms with Gasteiger partial charge >= 0.3 is 0 Å². The molecule has 0 N–H and O–H groups in total. The van der Waals surface area contributed by atoms with Crippen molar-refractivity contribution in [2.24, 2.45) is 0 Å². The lowest BCUT2D eigenvalue weighted by atomic mass is 9.84. The third-order valence-corrected chi connectivity index (χ3v) is 2.16. The maximum atomic E-state index is 13.3. The van der Waals surface area contributed by atoms with Crippen molar-refractivity contribution in [2.75, 3.05) is 0 Å². The molecular formula is C11H11F3. The van der Waals surface area contributed by atoms with E-state index in [9.17, 15) is 13.2 Å². The van der Waals surface area contributed by atoms with Gasteiger partial charge in [-0.1, -0.05) is 19.9 Å². The van der Waals surface area contributed by atoms with Crippen LogP contribution in [0.2, 0.25) is 0 Å².